The molecule has 0 radical (unpaired) electrons. The van der Waals surface area contributed by atoms with Crippen LogP contribution in [0.25, 0.3) is 0 Å². The van der Waals surface area contributed by atoms with Crippen molar-refractivity contribution in [3.8, 4) is 11.5 Å². The molecule has 2 rings (SSSR count). The smallest absolute Gasteiger partial charge is 0.338 e. The van der Waals surface area contributed by atoms with Gasteiger partial charge in [-0.05, 0) is 36.4 Å². The molecule has 0 aliphatic carbocycles. The van der Waals surface area contributed by atoms with Crippen LogP contribution in [0.3, 0.4) is 0 Å². The van der Waals surface area contributed by atoms with Gasteiger partial charge in [0.15, 0.2) is 0 Å². The van der Waals surface area contributed by atoms with Gasteiger partial charge in [-0.2, -0.15) is 0 Å². The second kappa shape index (κ2) is 6.00. The van der Waals surface area contributed by atoms with Gasteiger partial charge in [-0.25, -0.2) is 9.18 Å². The van der Waals surface area contributed by atoms with Crippen LogP contribution in [-0.2, 0) is 4.74 Å². The zero-order valence-electron chi connectivity index (χ0n) is 10.9. The van der Waals surface area contributed by atoms with Crippen molar-refractivity contribution >= 4 is 11.7 Å². The summed E-state index contributed by atoms with van der Waals surface area (Å²) in [5, 5.41) is 11.0. The van der Waals surface area contributed by atoms with E-state index in [1.807, 2.05) is 0 Å². The highest BCUT2D eigenvalue weighted by Crippen LogP contribution is 2.32. The van der Waals surface area contributed by atoms with Crippen molar-refractivity contribution in [1.82, 2.24) is 0 Å². The maximum atomic E-state index is 12.8. The highest BCUT2D eigenvalue weighted by molar-refractivity contribution is 5.90. The highest BCUT2D eigenvalue weighted by Gasteiger charge is 2.19. The van der Waals surface area contributed by atoms with Crippen molar-refractivity contribution in [3.63, 3.8) is 0 Å². The molecule has 0 bridgehead atoms. The lowest BCUT2D eigenvalue weighted by molar-refractivity contribution is -0.385. The molecule has 0 aromatic heterocycles. The van der Waals surface area contributed by atoms with E-state index in [1.54, 1.807) is 0 Å². The van der Waals surface area contributed by atoms with E-state index in [0.717, 1.165) is 6.07 Å². The Bertz CT molecular complexity index is 684. The molecule has 0 N–H and O–H groups in total. The van der Waals surface area contributed by atoms with Crippen molar-refractivity contribution in [1.29, 1.82) is 0 Å². The number of rotatable bonds is 4. The number of esters is 1. The third-order valence-corrected chi connectivity index (χ3v) is 2.62. The Hall–Kier alpha value is -2.96. The fourth-order valence-electron chi connectivity index (χ4n) is 1.62. The lowest BCUT2D eigenvalue weighted by Gasteiger charge is -2.07. The quantitative estimate of drug-likeness (QED) is 0.490. The maximum absolute atomic E-state index is 12.8. The summed E-state index contributed by atoms with van der Waals surface area (Å²) in [5.74, 6) is -0.950. The van der Waals surface area contributed by atoms with Gasteiger partial charge in [0.25, 0.3) is 0 Å². The average molecular weight is 291 g/mol. The Kier molecular flexibility index (Phi) is 4.13. The fourth-order valence-corrected chi connectivity index (χ4v) is 1.62. The van der Waals surface area contributed by atoms with Crippen LogP contribution >= 0.6 is 0 Å². The van der Waals surface area contributed by atoms with Crippen molar-refractivity contribution in [2.24, 2.45) is 0 Å². The molecular weight excluding hydrogens is 281 g/mol. The van der Waals surface area contributed by atoms with E-state index >= 15 is 0 Å². The van der Waals surface area contributed by atoms with Crippen LogP contribution in [-0.4, -0.2) is 18.0 Å². The SMILES string of the molecule is COC(=O)c1ccc(Oc2ccc(F)cc2)c([N+](=O)[O-])c1. The predicted octanol–water partition coefficient (Wildman–Crippen LogP) is 3.31. The molecule has 6 nitrogen and oxygen atoms in total. The topological polar surface area (TPSA) is 78.7 Å². The number of methoxy groups -OCH3 is 1. The van der Waals surface area contributed by atoms with E-state index in [4.69, 9.17) is 4.74 Å². The molecule has 0 saturated carbocycles. The molecule has 2 aromatic carbocycles. The second-order valence-corrected chi connectivity index (χ2v) is 3.99. The first-order chi connectivity index (χ1) is 10.0. The average Bonchev–Trinajstić information content (AvgIpc) is 2.49. The van der Waals surface area contributed by atoms with Gasteiger partial charge in [-0.3, -0.25) is 10.1 Å². The minimum Gasteiger partial charge on any atom is -0.465 e. The lowest BCUT2D eigenvalue weighted by atomic mass is 10.2. The predicted molar refractivity (Wildman–Crippen MR) is 70.9 cm³/mol. The first-order valence-corrected chi connectivity index (χ1v) is 5.81. The molecular formula is C14H10FNO5. The number of nitro benzene ring substituents is 1. The van der Waals surface area contributed by atoms with E-state index in [-0.39, 0.29) is 22.7 Å². The number of halogens is 1. The summed E-state index contributed by atoms with van der Waals surface area (Å²) in [7, 11) is 1.18. The van der Waals surface area contributed by atoms with Gasteiger partial charge >= 0.3 is 11.7 Å². The minimum atomic E-state index is -0.688. The van der Waals surface area contributed by atoms with Crippen LogP contribution in [0.4, 0.5) is 10.1 Å². The van der Waals surface area contributed by atoms with Crippen LogP contribution in [0.1, 0.15) is 10.4 Å². The van der Waals surface area contributed by atoms with Crippen molar-refractivity contribution in [2.75, 3.05) is 7.11 Å². The van der Waals surface area contributed by atoms with E-state index in [0.29, 0.717) is 0 Å². The van der Waals surface area contributed by atoms with Crippen LogP contribution in [0.2, 0.25) is 0 Å². The summed E-state index contributed by atoms with van der Waals surface area (Å²) < 4.78 is 22.6. The highest BCUT2D eigenvalue weighted by atomic mass is 19.1. The van der Waals surface area contributed by atoms with Crippen LogP contribution in [0.15, 0.2) is 42.5 Å². The molecule has 0 heterocycles. The van der Waals surface area contributed by atoms with Gasteiger partial charge in [0, 0.05) is 6.07 Å². The number of nitro groups is 1. The largest absolute Gasteiger partial charge is 0.465 e. The summed E-state index contributed by atoms with van der Waals surface area (Å²) in [5.41, 5.74) is -0.349. The number of carbonyl (C=O) groups is 1. The first kappa shape index (κ1) is 14.4. The number of benzene rings is 2. The van der Waals surface area contributed by atoms with Gasteiger partial charge in [-0.1, -0.05) is 0 Å². The van der Waals surface area contributed by atoms with Crippen LogP contribution in [0.5, 0.6) is 11.5 Å². The number of nitrogens with zero attached hydrogens (tertiary/aromatic N) is 1. The molecule has 2 aromatic rings. The maximum Gasteiger partial charge on any atom is 0.338 e. The molecule has 0 fully saturated rings. The standard InChI is InChI=1S/C14H10FNO5/c1-20-14(17)9-2-7-13(12(8-9)16(18)19)21-11-5-3-10(15)4-6-11/h2-8H,1H3. The van der Waals surface area contributed by atoms with Crippen molar-refractivity contribution in [2.45, 2.75) is 0 Å². The number of carbonyl (C=O) groups excluding carboxylic acids is 1. The summed E-state index contributed by atoms with van der Waals surface area (Å²) in [6, 6.07) is 8.71. The van der Waals surface area contributed by atoms with Crippen molar-refractivity contribution < 1.29 is 23.6 Å². The Morgan fingerprint density at radius 1 is 1.19 bits per heavy atom. The Balaban J connectivity index is 2.36. The molecule has 0 amide bonds. The number of ether oxygens (including phenoxy) is 2. The molecule has 0 saturated heterocycles. The Labute approximate surface area is 118 Å². The molecule has 7 heteroatoms. The zero-order chi connectivity index (χ0) is 15.4. The molecule has 0 unspecified atom stereocenters. The number of hydrogen-bond donors (Lipinski definition) is 0. The van der Waals surface area contributed by atoms with Gasteiger partial charge in [0.2, 0.25) is 5.75 Å². The van der Waals surface area contributed by atoms with E-state index in [2.05, 4.69) is 4.74 Å². The first-order valence-electron chi connectivity index (χ1n) is 5.81. The molecule has 0 spiro atoms. The summed E-state index contributed by atoms with van der Waals surface area (Å²) in [4.78, 5) is 21.7. The van der Waals surface area contributed by atoms with Gasteiger partial charge in [0.05, 0.1) is 17.6 Å². The normalized spacial score (nSPS) is 10.0. The van der Waals surface area contributed by atoms with Crippen LogP contribution < -0.4 is 4.74 Å². The second-order valence-electron chi connectivity index (χ2n) is 3.99. The third-order valence-electron chi connectivity index (χ3n) is 2.62. The van der Waals surface area contributed by atoms with Gasteiger partial charge in [0.1, 0.15) is 11.6 Å². The van der Waals surface area contributed by atoms with Crippen molar-refractivity contribution in [3.05, 3.63) is 64.0 Å². The molecule has 108 valence electrons. The minimum absolute atomic E-state index is 0.0376. The third kappa shape index (κ3) is 3.33. The molecule has 0 aliphatic heterocycles. The van der Waals surface area contributed by atoms with Gasteiger partial charge in [-0.15, -0.1) is 0 Å². The number of hydrogen-bond acceptors (Lipinski definition) is 5. The van der Waals surface area contributed by atoms with E-state index < -0.39 is 16.7 Å². The molecule has 0 atom stereocenters. The van der Waals surface area contributed by atoms with E-state index in [1.165, 1.54) is 43.5 Å². The summed E-state index contributed by atoms with van der Waals surface area (Å²) in [6.45, 7) is 0. The molecule has 21 heavy (non-hydrogen) atoms. The monoisotopic (exact) mass is 291 g/mol. The van der Waals surface area contributed by atoms with E-state index in [9.17, 15) is 19.3 Å². The Morgan fingerprint density at radius 2 is 1.86 bits per heavy atom. The van der Waals surface area contributed by atoms with Crippen LogP contribution in [0, 0.1) is 15.9 Å². The molecule has 0 aliphatic rings. The summed E-state index contributed by atoms with van der Waals surface area (Å²) >= 11 is 0. The van der Waals surface area contributed by atoms with Gasteiger partial charge < -0.3 is 9.47 Å². The summed E-state index contributed by atoms with van der Waals surface area (Å²) in [6.07, 6.45) is 0. The lowest BCUT2D eigenvalue weighted by Crippen LogP contribution is -2.03. The fraction of sp³-hybridized carbons (Fsp3) is 0.0714. The zero-order valence-corrected chi connectivity index (χ0v) is 10.9. The Morgan fingerprint density at radius 3 is 2.43 bits per heavy atom.